The van der Waals surface area contributed by atoms with Crippen molar-refractivity contribution in [3.05, 3.63) is 71.8 Å². The van der Waals surface area contributed by atoms with Crippen LogP contribution in [-0.4, -0.2) is 48.9 Å². The molecule has 0 aliphatic carbocycles. The summed E-state index contributed by atoms with van der Waals surface area (Å²) in [5.74, 6) is 0.180. The summed E-state index contributed by atoms with van der Waals surface area (Å²) in [5, 5.41) is 3.21. The molecule has 1 fully saturated rings. The average molecular weight is 380 g/mol. The number of likely N-dealkylation sites (tertiary alicyclic amines) is 1. The van der Waals surface area contributed by atoms with Crippen LogP contribution in [0.5, 0.6) is 0 Å². The van der Waals surface area contributed by atoms with Gasteiger partial charge in [-0.05, 0) is 30.4 Å². The third-order valence-corrected chi connectivity index (χ3v) is 5.35. The van der Waals surface area contributed by atoms with Gasteiger partial charge >= 0.3 is 6.03 Å². The quantitative estimate of drug-likeness (QED) is 0.865. The minimum absolute atomic E-state index is 0.0216. The SMILES string of the molecule is CN(C)C(=O)C1CCN(C(=O)NC(Cc2ccccc2)c2ccccc2)CC1. The van der Waals surface area contributed by atoms with Crippen molar-refractivity contribution in [2.24, 2.45) is 5.92 Å². The predicted molar refractivity (Wildman–Crippen MR) is 111 cm³/mol. The molecule has 28 heavy (non-hydrogen) atoms. The van der Waals surface area contributed by atoms with Crippen molar-refractivity contribution in [3.63, 3.8) is 0 Å². The molecule has 0 aromatic heterocycles. The molecule has 0 bridgehead atoms. The number of hydrogen-bond acceptors (Lipinski definition) is 2. The van der Waals surface area contributed by atoms with Gasteiger partial charge in [-0.25, -0.2) is 4.79 Å². The average Bonchev–Trinajstić information content (AvgIpc) is 2.74. The lowest BCUT2D eigenvalue weighted by molar-refractivity contribution is -0.134. The van der Waals surface area contributed by atoms with Crippen LogP contribution in [0.15, 0.2) is 60.7 Å². The van der Waals surface area contributed by atoms with Crippen LogP contribution in [-0.2, 0) is 11.2 Å². The maximum absolute atomic E-state index is 12.9. The van der Waals surface area contributed by atoms with Crippen LogP contribution in [0.25, 0.3) is 0 Å². The summed E-state index contributed by atoms with van der Waals surface area (Å²) in [6.45, 7) is 1.23. The molecule has 1 N–H and O–H groups in total. The highest BCUT2D eigenvalue weighted by molar-refractivity contribution is 5.79. The Labute approximate surface area is 167 Å². The normalized spacial score (nSPS) is 15.7. The smallest absolute Gasteiger partial charge is 0.317 e. The van der Waals surface area contributed by atoms with E-state index in [4.69, 9.17) is 0 Å². The molecule has 2 aromatic rings. The van der Waals surface area contributed by atoms with E-state index < -0.39 is 0 Å². The molecule has 1 aliphatic rings. The first kappa shape index (κ1) is 19.9. The number of nitrogens with zero attached hydrogens (tertiary/aromatic N) is 2. The third kappa shape index (κ3) is 5.12. The van der Waals surface area contributed by atoms with Crippen molar-refractivity contribution >= 4 is 11.9 Å². The highest BCUT2D eigenvalue weighted by Gasteiger charge is 2.29. The molecule has 3 rings (SSSR count). The minimum atomic E-state index is -0.0859. The Kier molecular flexibility index (Phi) is 6.69. The molecule has 0 spiro atoms. The lowest BCUT2D eigenvalue weighted by atomic mass is 9.95. The van der Waals surface area contributed by atoms with Crippen LogP contribution < -0.4 is 5.32 Å². The van der Waals surface area contributed by atoms with Gasteiger partial charge in [-0.3, -0.25) is 4.79 Å². The summed E-state index contributed by atoms with van der Waals surface area (Å²) in [7, 11) is 3.57. The van der Waals surface area contributed by atoms with E-state index in [1.165, 1.54) is 5.56 Å². The van der Waals surface area contributed by atoms with E-state index in [1.54, 1.807) is 19.0 Å². The second-order valence-electron chi connectivity index (χ2n) is 7.60. The molecule has 1 heterocycles. The van der Waals surface area contributed by atoms with Crippen molar-refractivity contribution < 1.29 is 9.59 Å². The zero-order valence-electron chi connectivity index (χ0n) is 16.7. The van der Waals surface area contributed by atoms with Crippen molar-refractivity contribution in [2.75, 3.05) is 27.2 Å². The van der Waals surface area contributed by atoms with E-state index in [0.29, 0.717) is 13.1 Å². The summed E-state index contributed by atoms with van der Waals surface area (Å²) < 4.78 is 0. The van der Waals surface area contributed by atoms with Gasteiger partial charge in [0.2, 0.25) is 5.91 Å². The Bertz CT molecular complexity index is 769. The van der Waals surface area contributed by atoms with Crippen LogP contribution in [0.4, 0.5) is 4.79 Å². The topological polar surface area (TPSA) is 52.7 Å². The maximum Gasteiger partial charge on any atom is 0.317 e. The Balaban J connectivity index is 1.64. The van der Waals surface area contributed by atoms with Gasteiger partial charge in [-0.2, -0.15) is 0 Å². The van der Waals surface area contributed by atoms with Gasteiger partial charge in [0, 0.05) is 33.1 Å². The first-order valence-corrected chi connectivity index (χ1v) is 9.90. The van der Waals surface area contributed by atoms with Crippen LogP contribution in [0, 0.1) is 5.92 Å². The maximum atomic E-state index is 12.9. The van der Waals surface area contributed by atoms with E-state index >= 15 is 0 Å². The molecule has 1 saturated heterocycles. The molecule has 0 saturated carbocycles. The fraction of sp³-hybridized carbons (Fsp3) is 0.391. The summed E-state index contributed by atoms with van der Waals surface area (Å²) in [4.78, 5) is 28.5. The standard InChI is InChI=1S/C23H29N3O2/c1-25(2)22(27)20-13-15-26(16-14-20)23(28)24-21(19-11-7-4-8-12-19)17-18-9-5-3-6-10-18/h3-12,20-21H,13-17H2,1-2H3,(H,24,28). The molecular formula is C23H29N3O2. The van der Waals surface area contributed by atoms with Gasteiger partial charge in [0.05, 0.1) is 6.04 Å². The van der Waals surface area contributed by atoms with Gasteiger partial charge in [0.1, 0.15) is 0 Å². The van der Waals surface area contributed by atoms with Crippen LogP contribution in [0.1, 0.15) is 30.0 Å². The monoisotopic (exact) mass is 379 g/mol. The molecule has 2 aromatic carbocycles. The molecule has 0 radical (unpaired) electrons. The Morgan fingerprint density at radius 3 is 2.14 bits per heavy atom. The van der Waals surface area contributed by atoms with E-state index in [-0.39, 0.29) is 23.9 Å². The van der Waals surface area contributed by atoms with E-state index in [9.17, 15) is 9.59 Å². The fourth-order valence-electron chi connectivity index (χ4n) is 3.72. The molecule has 5 nitrogen and oxygen atoms in total. The fourth-order valence-corrected chi connectivity index (χ4v) is 3.72. The minimum Gasteiger partial charge on any atom is -0.349 e. The number of hydrogen-bond donors (Lipinski definition) is 1. The number of carbonyl (C=O) groups is 2. The van der Waals surface area contributed by atoms with Gasteiger partial charge < -0.3 is 15.1 Å². The first-order valence-electron chi connectivity index (χ1n) is 9.90. The Morgan fingerprint density at radius 1 is 1.00 bits per heavy atom. The van der Waals surface area contributed by atoms with Crippen molar-refractivity contribution in [3.8, 4) is 0 Å². The number of carbonyl (C=O) groups excluding carboxylic acids is 2. The van der Waals surface area contributed by atoms with Gasteiger partial charge in [-0.15, -0.1) is 0 Å². The number of rotatable bonds is 5. The highest BCUT2D eigenvalue weighted by atomic mass is 16.2. The molecule has 5 heteroatoms. The lowest BCUT2D eigenvalue weighted by Crippen LogP contribution is -2.47. The molecule has 1 unspecified atom stereocenters. The number of benzene rings is 2. The number of piperidine rings is 1. The van der Waals surface area contributed by atoms with Crippen LogP contribution >= 0.6 is 0 Å². The molecule has 3 amide bonds. The summed E-state index contributed by atoms with van der Waals surface area (Å²) in [5.41, 5.74) is 2.28. The van der Waals surface area contributed by atoms with Gasteiger partial charge in [-0.1, -0.05) is 60.7 Å². The highest BCUT2D eigenvalue weighted by Crippen LogP contribution is 2.22. The molecule has 1 atom stereocenters. The summed E-state index contributed by atoms with van der Waals surface area (Å²) in [6.07, 6.45) is 2.18. The number of amides is 3. The largest absolute Gasteiger partial charge is 0.349 e. The third-order valence-electron chi connectivity index (χ3n) is 5.35. The van der Waals surface area contributed by atoms with E-state index in [2.05, 4.69) is 29.6 Å². The Morgan fingerprint density at radius 2 is 1.57 bits per heavy atom. The number of nitrogens with one attached hydrogen (secondary N) is 1. The molecule has 148 valence electrons. The van der Waals surface area contributed by atoms with Crippen LogP contribution in [0.2, 0.25) is 0 Å². The van der Waals surface area contributed by atoms with Crippen molar-refractivity contribution in [1.82, 2.24) is 15.1 Å². The second-order valence-corrected chi connectivity index (χ2v) is 7.60. The van der Waals surface area contributed by atoms with E-state index in [1.807, 2.05) is 41.3 Å². The molecular weight excluding hydrogens is 350 g/mol. The summed E-state index contributed by atoms with van der Waals surface area (Å²) >= 11 is 0. The molecule has 1 aliphatic heterocycles. The lowest BCUT2D eigenvalue weighted by Gasteiger charge is -2.33. The zero-order chi connectivity index (χ0) is 19.9. The van der Waals surface area contributed by atoms with Gasteiger partial charge in [0.25, 0.3) is 0 Å². The summed E-state index contributed by atoms with van der Waals surface area (Å²) in [6, 6.07) is 20.1. The predicted octanol–water partition coefficient (Wildman–Crippen LogP) is 3.48. The first-order chi connectivity index (χ1) is 13.5. The zero-order valence-corrected chi connectivity index (χ0v) is 16.7. The van der Waals surface area contributed by atoms with Gasteiger partial charge in [0.15, 0.2) is 0 Å². The van der Waals surface area contributed by atoms with Crippen molar-refractivity contribution in [2.45, 2.75) is 25.3 Å². The van der Waals surface area contributed by atoms with E-state index in [0.717, 1.165) is 24.8 Å². The van der Waals surface area contributed by atoms with Crippen LogP contribution in [0.3, 0.4) is 0 Å². The second kappa shape index (κ2) is 9.40. The van der Waals surface area contributed by atoms with Crippen molar-refractivity contribution in [1.29, 1.82) is 0 Å². The Hall–Kier alpha value is -2.82. The number of urea groups is 1.